The van der Waals surface area contributed by atoms with Crippen molar-refractivity contribution in [1.82, 2.24) is 15.7 Å². The Hall–Kier alpha value is -2.95. The Morgan fingerprint density at radius 2 is 2.38 bits per heavy atom. The van der Waals surface area contributed by atoms with E-state index in [2.05, 4.69) is 20.8 Å². The van der Waals surface area contributed by atoms with E-state index >= 15 is 0 Å². The fourth-order valence-electron chi connectivity index (χ4n) is 1.99. The molecule has 1 aliphatic rings. The lowest BCUT2D eigenvalue weighted by Crippen LogP contribution is -2.36. The van der Waals surface area contributed by atoms with Crippen LogP contribution >= 0.6 is 0 Å². The van der Waals surface area contributed by atoms with Crippen molar-refractivity contribution in [3.63, 3.8) is 0 Å². The summed E-state index contributed by atoms with van der Waals surface area (Å²) in [4.78, 5) is 16.9. The summed E-state index contributed by atoms with van der Waals surface area (Å²) in [5.74, 6) is 0.405. The average molecular weight is 285 g/mol. The number of hydrogen-bond acceptors (Lipinski definition) is 5. The molecule has 0 radical (unpaired) electrons. The van der Waals surface area contributed by atoms with Crippen molar-refractivity contribution in [2.75, 3.05) is 11.9 Å². The highest BCUT2D eigenvalue weighted by atomic mass is 16.2. The van der Waals surface area contributed by atoms with E-state index in [9.17, 15) is 4.79 Å². The maximum absolute atomic E-state index is 11.2. The van der Waals surface area contributed by atoms with Crippen LogP contribution in [0.4, 0.5) is 5.82 Å². The molecule has 3 N–H and O–H groups in total. The molecule has 108 valence electrons. The highest BCUT2D eigenvalue weighted by Crippen LogP contribution is 2.17. The number of guanidine groups is 1. The van der Waals surface area contributed by atoms with Crippen LogP contribution in [0.25, 0.3) is 0 Å². The van der Waals surface area contributed by atoms with Crippen molar-refractivity contribution in [1.29, 1.82) is 10.7 Å². The Kier molecular flexibility index (Phi) is 4.13. The molecule has 1 aromatic rings. The van der Waals surface area contributed by atoms with Gasteiger partial charge in [-0.05, 0) is 12.1 Å². The van der Waals surface area contributed by atoms with Gasteiger partial charge in [0.2, 0.25) is 11.9 Å². The molecule has 1 atom stereocenters. The third kappa shape index (κ3) is 3.14. The molecule has 8 nitrogen and oxygen atoms in total. The Bertz CT molecular complexity index is 629. The van der Waals surface area contributed by atoms with E-state index in [4.69, 9.17) is 10.7 Å². The molecule has 1 unspecified atom stereocenters. The molecule has 1 aromatic heterocycles. The first-order valence-electron chi connectivity index (χ1n) is 6.33. The third-order valence-corrected chi connectivity index (χ3v) is 3.16. The maximum atomic E-state index is 11.2. The zero-order chi connectivity index (χ0) is 15.4. The van der Waals surface area contributed by atoms with Gasteiger partial charge < -0.3 is 0 Å². The number of amides is 1. The molecule has 21 heavy (non-hydrogen) atoms. The van der Waals surface area contributed by atoms with E-state index in [1.165, 1.54) is 4.90 Å². The summed E-state index contributed by atoms with van der Waals surface area (Å²) in [5, 5.41) is 22.4. The zero-order valence-electron chi connectivity index (χ0n) is 11.7. The molecule has 8 heteroatoms. The Morgan fingerprint density at radius 3 is 2.95 bits per heavy atom. The predicted octanol–water partition coefficient (Wildman–Crippen LogP) is 0.383. The second-order valence-electron chi connectivity index (χ2n) is 4.69. The molecule has 0 aliphatic carbocycles. The van der Waals surface area contributed by atoms with Gasteiger partial charge in [0.05, 0.1) is 5.71 Å². The van der Waals surface area contributed by atoms with Gasteiger partial charge >= 0.3 is 0 Å². The normalized spacial score (nSPS) is 17.3. The summed E-state index contributed by atoms with van der Waals surface area (Å²) in [7, 11) is 1.63. The third-order valence-electron chi connectivity index (χ3n) is 3.16. The van der Waals surface area contributed by atoms with Crippen molar-refractivity contribution in [2.45, 2.75) is 13.3 Å². The molecular weight excluding hydrogens is 270 g/mol. The van der Waals surface area contributed by atoms with Crippen LogP contribution in [0.1, 0.15) is 18.9 Å². The lowest BCUT2D eigenvalue weighted by atomic mass is 9.95. The highest BCUT2D eigenvalue weighted by molar-refractivity contribution is 6.05. The van der Waals surface area contributed by atoms with Crippen molar-refractivity contribution in [3.05, 3.63) is 23.9 Å². The summed E-state index contributed by atoms with van der Waals surface area (Å²) >= 11 is 0. The van der Waals surface area contributed by atoms with Crippen molar-refractivity contribution in [2.24, 2.45) is 11.0 Å². The van der Waals surface area contributed by atoms with E-state index < -0.39 is 0 Å². The number of nitrogens with one attached hydrogen (secondary N) is 3. The minimum absolute atomic E-state index is 0.0303. The number of pyridine rings is 1. The van der Waals surface area contributed by atoms with Crippen LogP contribution in [0.15, 0.2) is 23.4 Å². The highest BCUT2D eigenvalue weighted by Gasteiger charge is 2.22. The van der Waals surface area contributed by atoms with E-state index in [1.807, 2.05) is 13.0 Å². The average Bonchev–Trinajstić information content (AvgIpc) is 2.47. The van der Waals surface area contributed by atoms with Crippen LogP contribution in [0.2, 0.25) is 0 Å². The van der Waals surface area contributed by atoms with Gasteiger partial charge in [0.15, 0.2) is 6.19 Å². The second kappa shape index (κ2) is 6.00. The molecule has 0 saturated carbocycles. The number of aromatic nitrogens is 1. The zero-order valence-corrected chi connectivity index (χ0v) is 11.7. The van der Waals surface area contributed by atoms with Gasteiger partial charge in [-0.3, -0.25) is 20.4 Å². The SMILES string of the molecule is CC1CC(=O)NN=C1c1ccc(N(C)C(=N)NC#N)nc1. The minimum Gasteiger partial charge on any atom is -0.300 e. The first-order chi connectivity index (χ1) is 10.0. The molecule has 1 aliphatic heterocycles. The lowest BCUT2D eigenvalue weighted by molar-refractivity contribution is -0.121. The number of anilines is 1. The molecule has 0 fully saturated rings. The smallest absolute Gasteiger partial charge is 0.240 e. The van der Waals surface area contributed by atoms with Crippen molar-refractivity contribution >= 4 is 23.4 Å². The van der Waals surface area contributed by atoms with Gasteiger partial charge in [-0.25, -0.2) is 10.4 Å². The number of hydrazone groups is 1. The van der Waals surface area contributed by atoms with E-state index in [-0.39, 0.29) is 17.8 Å². The van der Waals surface area contributed by atoms with Crippen molar-refractivity contribution in [3.8, 4) is 6.19 Å². The standard InChI is InChI=1S/C13H15N7O/c1-8-5-11(21)18-19-12(8)9-3-4-10(16-6-9)20(2)13(15)17-7-14/h3-4,6,8H,5H2,1-2H3,(H2,15,17)(H,18,21). The summed E-state index contributed by atoms with van der Waals surface area (Å²) in [6.45, 7) is 1.93. The predicted molar refractivity (Wildman–Crippen MR) is 77.6 cm³/mol. The number of carbonyl (C=O) groups excluding carboxylic acids is 1. The first-order valence-corrected chi connectivity index (χ1v) is 6.33. The quantitative estimate of drug-likeness (QED) is 0.314. The van der Waals surface area contributed by atoms with Gasteiger partial charge in [-0.1, -0.05) is 6.92 Å². The van der Waals surface area contributed by atoms with E-state index in [1.54, 1.807) is 25.5 Å². The summed E-state index contributed by atoms with van der Waals surface area (Å²) in [6, 6.07) is 3.56. The number of carbonyl (C=O) groups is 1. The molecule has 0 bridgehead atoms. The van der Waals surface area contributed by atoms with Crippen LogP contribution in [0.3, 0.4) is 0 Å². The fraction of sp³-hybridized carbons (Fsp3) is 0.308. The van der Waals surface area contributed by atoms with Crippen LogP contribution in [-0.4, -0.2) is 29.6 Å². The monoisotopic (exact) mass is 285 g/mol. The van der Waals surface area contributed by atoms with E-state index in [0.717, 1.165) is 11.3 Å². The molecule has 2 heterocycles. The first kappa shape index (κ1) is 14.5. The van der Waals surface area contributed by atoms with Gasteiger partial charge in [-0.15, -0.1) is 0 Å². The topological polar surface area (TPSA) is 117 Å². The Morgan fingerprint density at radius 1 is 1.62 bits per heavy atom. The minimum atomic E-state index is -0.0911. The van der Waals surface area contributed by atoms with Crippen LogP contribution in [0.5, 0.6) is 0 Å². The van der Waals surface area contributed by atoms with Crippen molar-refractivity contribution < 1.29 is 4.79 Å². The van der Waals surface area contributed by atoms with Gasteiger partial charge in [-0.2, -0.15) is 10.4 Å². The largest absolute Gasteiger partial charge is 0.300 e. The molecule has 0 saturated heterocycles. The number of nitrogens with zero attached hydrogens (tertiary/aromatic N) is 4. The maximum Gasteiger partial charge on any atom is 0.240 e. The lowest BCUT2D eigenvalue weighted by Gasteiger charge is -2.20. The molecule has 0 aromatic carbocycles. The molecular formula is C13H15N7O. The summed E-state index contributed by atoms with van der Waals surface area (Å²) in [5.41, 5.74) is 4.06. The second-order valence-corrected chi connectivity index (χ2v) is 4.69. The van der Waals surface area contributed by atoms with Gasteiger partial charge in [0, 0.05) is 31.1 Å². The number of rotatable bonds is 2. The molecule has 1 amide bonds. The summed E-state index contributed by atoms with van der Waals surface area (Å²) < 4.78 is 0. The summed E-state index contributed by atoms with van der Waals surface area (Å²) in [6.07, 6.45) is 3.73. The Labute approximate surface area is 122 Å². The number of nitriles is 1. The molecule has 2 rings (SSSR count). The van der Waals surface area contributed by atoms with E-state index in [0.29, 0.717) is 12.2 Å². The molecule has 0 spiro atoms. The Balaban J connectivity index is 2.18. The van der Waals surface area contributed by atoms with Crippen LogP contribution in [-0.2, 0) is 4.79 Å². The number of hydrogen-bond donors (Lipinski definition) is 3. The van der Waals surface area contributed by atoms with Gasteiger partial charge in [0.1, 0.15) is 5.82 Å². The van der Waals surface area contributed by atoms with Crippen LogP contribution < -0.4 is 15.6 Å². The fourth-order valence-corrected chi connectivity index (χ4v) is 1.99. The van der Waals surface area contributed by atoms with Gasteiger partial charge in [0.25, 0.3) is 0 Å². The van der Waals surface area contributed by atoms with Crippen LogP contribution in [0, 0.1) is 22.8 Å².